The maximum absolute atomic E-state index is 10.3. The van der Waals surface area contributed by atoms with Crippen LogP contribution in [0, 0.1) is 0 Å². The summed E-state index contributed by atoms with van der Waals surface area (Å²) in [6.07, 6.45) is 1.54. The molecule has 2 N–H and O–H groups in total. The van der Waals surface area contributed by atoms with Gasteiger partial charge in [0.1, 0.15) is 12.4 Å². The molecule has 2 heterocycles. The monoisotopic (exact) mass is 408 g/mol. The second-order valence-corrected chi connectivity index (χ2v) is 7.65. The number of aromatic nitrogens is 1. The molecule has 6 nitrogen and oxygen atoms in total. The van der Waals surface area contributed by atoms with Gasteiger partial charge in [-0.25, -0.2) is 0 Å². The molecule has 1 fully saturated rings. The second-order valence-electron chi connectivity index (χ2n) is 7.65. The van der Waals surface area contributed by atoms with Crippen LogP contribution >= 0.6 is 0 Å². The third-order valence-corrected chi connectivity index (χ3v) is 5.27. The molecule has 2 aromatic carbocycles. The molecule has 1 aromatic heterocycles. The molecule has 0 spiro atoms. The highest BCUT2D eigenvalue weighted by Gasteiger charge is 2.30. The van der Waals surface area contributed by atoms with Gasteiger partial charge >= 0.3 is 0 Å². The Labute approximate surface area is 176 Å². The Hall–Kier alpha value is -2.67. The Balaban J connectivity index is 1.24. The van der Waals surface area contributed by atoms with E-state index in [1.807, 2.05) is 54.6 Å². The van der Waals surface area contributed by atoms with Crippen molar-refractivity contribution < 1.29 is 19.1 Å². The van der Waals surface area contributed by atoms with Gasteiger partial charge in [0, 0.05) is 25.6 Å². The molecule has 3 atom stereocenters. The first-order valence-electron chi connectivity index (χ1n) is 10.5. The molecular weight excluding hydrogens is 380 g/mol. The predicted molar refractivity (Wildman–Crippen MR) is 113 cm³/mol. The fraction of sp³-hybridized carbons (Fsp3) is 0.375. The van der Waals surface area contributed by atoms with Crippen LogP contribution < -0.4 is 10.1 Å². The summed E-state index contributed by atoms with van der Waals surface area (Å²) in [7, 11) is 0. The Morgan fingerprint density at radius 2 is 1.80 bits per heavy atom. The molecule has 1 saturated heterocycles. The molecule has 0 bridgehead atoms. The molecule has 0 saturated carbocycles. The predicted octanol–water partition coefficient (Wildman–Crippen LogP) is 3.49. The van der Waals surface area contributed by atoms with Crippen LogP contribution in [0.2, 0.25) is 0 Å². The molecule has 158 valence electrons. The zero-order valence-corrected chi connectivity index (χ0v) is 16.9. The normalized spacial score (nSPS) is 21.4. The summed E-state index contributed by atoms with van der Waals surface area (Å²) in [5.74, 6) is 1.48. The summed E-state index contributed by atoms with van der Waals surface area (Å²) >= 11 is 0. The molecule has 3 unspecified atom stereocenters. The summed E-state index contributed by atoms with van der Waals surface area (Å²) in [6.45, 7) is 1.71. The first-order valence-corrected chi connectivity index (χ1v) is 10.5. The topological polar surface area (TPSA) is 76.8 Å². The summed E-state index contributed by atoms with van der Waals surface area (Å²) in [4.78, 5) is 0. The molecule has 1 aliphatic heterocycles. The highest BCUT2D eigenvalue weighted by molar-refractivity contribution is 5.21. The minimum Gasteiger partial charge on any atom is -0.486 e. The van der Waals surface area contributed by atoms with Crippen molar-refractivity contribution in [3.63, 3.8) is 0 Å². The van der Waals surface area contributed by atoms with Crippen molar-refractivity contribution >= 4 is 0 Å². The number of nitrogens with one attached hydrogen (secondary N) is 1. The highest BCUT2D eigenvalue weighted by Crippen LogP contribution is 2.23. The van der Waals surface area contributed by atoms with E-state index in [-0.39, 0.29) is 12.2 Å². The van der Waals surface area contributed by atoms with Gasteiger partial charge in [-0.05, 0) is 30.5 Å². The Kier molecular flexibility index (Phi) is 7.13. The molecule has 0 radical (unpaired) electrons. The summed E-state index contributed by atoms with van der Waals surface area (Å²) in [5.41, 5.74) is 2.06. The third-order valence-electron chi connectivity index (χ3n) is 5.27. The van der Waals surface area contributed by atoms with Crippen LogP contribution in [-0.2, 0) is 24.3 Å². The van der Waals surface area contributed by atoms with Crippen molar-refractivity contribution in [2.75, 3.05) is 6.54 Å². The first kappa shape index (κ1) is 20.6. The average Bonchev–Trinajstić information content (AvgIpc) is 3.23. The molecule has 0 aliphatic carbocycles. The lowest BCUT2D eigenvalue weighted by molar-refractivity contribution is -0.115. The van der Waals surface area contributed by atoms with Crippen molar-refractivity contribution in [3.05, 3.63) is 83.7 Å². The van der Waals surface area contributed by atoms with Crippen molar-refractivity contribution in [1.82, 2.24) is 10.5 Å². The van der Waals surface area contributed by atoms with Crippen LogP contribution in [0.25, 0.3) is 0 Å². The van der Waals surface area contributed by atoms with E-state index in [1.165, 1.54) is 5.56 Å². The van der Waals surface area contributed by atoms with E-state index in [1.54, 1.807) is 0 Å². The zero-order valence-electron chi connectivity index (χ0n) is 16.9. The molecule has 30 heavy (non-hydrogen) atoms. The molecule has 4 rings (SSSR count). The van der Waals surface area contributed by atoms with Crippen molar-refractivity contribution in [2.24, 2.45) is 0 Å². The zero-order chi connectivity index (χ0) is 20.6. The smallest absolute Gasteiger partial charge is 0.174 e. The van der Waals surface area contributed by atoms with Gasteiger partial charge in [0.25, 0.3) is 0 Å². The van der Waals surface area contributed by atoms with Gasteiger partial charge in [-0.3, -0.25) is 0 Å². The van der Waals surface area contributed by atoms with Gasteiger partial charge in [-0.15, -0.1) is 0 Å². The number of para-hydroxylation sites is 1. The van der Waals surface area contributed by atoms with Crippen LogP contribution in [0.15, 0.2) is 71.3 Å². The van der Waals surface area contributed by atoms with E-state index in [0.717, 1.165) is 30.8 Å². The Bertz CT molecular complexity index is 884. The number of hydrogen-bond donors (Lipinski definition) is 2. The van der Waals surface area contributed by atoms with E-state index in [2.05, 4.69) is 22.6 Å². The average molecular weight is 408 g/mol. The quantitative estimate of drug-likeness (QED) is 0.564. The lowest BCUT2D eigenvalue weighted by Crippen LogP contribution is -2.45. The number of ether oxygens (including phenoxy) is 2. The minimum absolute atomic E-state index is 0.0184. The van der Waals surface area contributed by atoms with E-state index in [0.29, 0.717) is 25.3 Å². The number of aliphatic hydroxyl groups is 1. The lowest BCUT2D eigenvalue weighted by atomic mass is 9.98. The van der Waals surface area contributed by atoms with E-state index in [9.17, 15) is 5.11 Å². The molecular formula is C24H28N2O4. The van der Waals surface area contributed by atoms with Crippen LogP contribution in [0.3, 0.4) is 0 Å². The molecule has 6 heteroatoms. The van der Waals surface area contributed by atoms with E-state index in [4.69, 9.17) is 14.0 Å². The van der Waals surface area contributed by atoms with Gasteiger partial charge in [0.05, 0.1) is 24.0 Å². The number of rotatable bonds is 9. The highest BCUT2D eigenvalue weighted by atomic mass is 16.5. The number of aliphatic hydroxyl groups excluding tert-OH is 1. The van der Waals surface area contributed by atoms with Crippen molar-refractivity contribution in [2.45, 2.75) is 50.7 Å². The van der Waals surface area contributed by atoms with Gasteiger partial charge < -0.3 is 24.4 Å². The van der Waals surface area contributed by atoms with Gasteiger partial charge in [-0.1, -0.05) is 53.7 Å². The molecule has 3 aromatic rings. The lowest BCUT2D eigenvalue weighted by Gasteiger charge is -2.34. The van der Waals surface area contributed by atoms with Crippen LogP contribution in [0.1, 0.15) is 29.9 Å². The Morgan fingerprint density at radius 3 is 2.60 bits per heavy atom. The minimum atomic E-state index is -0.448. The number of benzene rings is 2. The van der Waals surface area contributed by atoms with Crippen molar-refractivity contribution in [1.29, 1.82) is 0 Å². The van der Waals surface area contributed by atoms with E-state index >= 15 is 0 Å². The summed E-state index contributed by atoms with van der Waals surface area (Å²) in [5, 5.41) is 17.9. The first-order chi connectivity index (χ1) is 14.8. The third kappa shape index (κ3) is 5.92. The number of nitrogens with zero attached hydrogens (tertiary/aromatic N) is 1. The Morgan fingerprint density at radius 1 is 1.03 bits per heavy atom. The fourth-order valence-electron chi connectivity index (χ4n) is 3.66. The van der Waals surface area contributed by atoms with Gasteiger partial charge in [0.2, 0.25) is 0 Å². The fourth-order valence-corrected chi connectivity index (χ4v) is 3.66. The van der Waals surface area contributed by atoms with Crippen LogP contribution in [0.5, 0.6) is 5.75 Å². The van der Waals surface area contributed by atoms with E-state index < -0.39 is 6.10 Å². The molecule has 1 aliphatic rings. The number of hydrogen-bond acceptors (Lipinski definition) is 6. The maximum atomic E-state index is 10.3. The van der Waals surface area contributed by atoms with Gasteiger partial charge in [-0.2, -0.15) is 0 Å². The van der Waals surface area contributed by atoms with Crippen LogP contribution in [0.4, 0.5) is 0 Å². The SMILES string of the molecule is OC1CCC(Cc2cc(COc3ccccc3)on2)OC1CNCc1ccccc1. The summed E-state index contributed by atoms with van der Waals surface area (Å²) < 4.78 is 17.3. The van der Waals surface area contributed by atoms with Gasteiger partial charge in [0.15, 0.2) is 5.76 Å². The standard InChI is InChI=1S/C24H28N2O4/c27-23-12-11-21(29-24(23)16-25-15-18-7-3-1-4-8-18)13-19-14-22(30-26-19)17-28-20-9-5-2-6-10-20/h1-10,14,21,23-25,27H,11-13,15-17H2. The van der Waals surface area contributed by atoms with Crippen molar-refractivity contribution in [3.8, 4) is 5.75 Å². The largest absolute Gasteiger partial charge is 0.486 e. The summed E-state index contributed by atoms with van der Waals surface area (Å²) in [6, 6.07) is 21.8. The molecule has 0 amide bonds. The second kappa shape index (κ2) is 10.4. The van der Waals surface area contributed by atoms with Crippen LogP contribution in [-0.4, -0.2) is 35.1 Å². The maximum Gasteiger partial charge on any atom is 0.174 e.